The van der Waals surface area contributed by atoms with Crippen molar-refractivity contribution in [3.63, 3.8) is 0 Å². The Hall–Kier alpha value is -1.28. The zero-order chi connectivity index (χ0) is 9.42. The van der Waals surface area contributed by atoms with Crippen molar-refractivity contribution < 1.29 is 5.11 Å². The first-order chi connectivity index (χ1) is 6.18. The lowest BCUT2D eigenvalue weighted by Gasteiger charge is -2.10. The molecule has 0 aliphatic heterocycles. The van der Waals surface area contributed by atoms with Gasteiger partial charge in [0.05, 0.1) is 5.52 Å². The predicted octanol–water partition coefficient (Wildman–Crippen LogP) is 2.27. The minimum absolute atomic E-state index is 0.0805. The Bertz CT molecular complexity index is 468. The van der Waals surface area contributed by atoms with E-state index in [0.717, 1.165) is 11.1 Å². The van der Waals surface area contributed by atoms with Gasteiger partial charge in [-0.05, 0) is 25.1 Å². The standard InChI is InChI=1S/C10H8ClNO/c1-6-2-3-7-8(11)4-5-9(13)10(7)12-6/h2-5,13H,1H3/p-1. The molecular weight excluding hydrogens is 186 g/mol. The molecule has 0 saturated heterocycles. The normalized spacial score (nSPS) is 10.6. The molecule has 0 bridgehead atoms. The van der Waals surface area contributed by atoms with Crippen LogP contribution in [0.15, 0.2) is 24.3 Å². The summed E-state index contributed by atoms with van der Waals surface area (Å²) in [5.41, 5.74) is 1.28. The molecule has 0 aliphatic rings. The van der Waals surface area contributed by atoms with E-state index in [1.165, 1.54) is 6.07 Å². The largest absolute Gasteiger partial charge is 0.871 e. The van der Waals surface area contributed by atoms with Gasteiger partial charge in [0.1, 0.15) is 0 Å². The molecule has 13 heavy (non-hydrogen) atoms. The van der Waals surface area contributed by atoms with Gasteiger partial charge in [-0.2, -0.15) is 0 Å². The lowest BCUT2D eigenvalue weighted by molar-refractivity contribution is -0.266. The maximum atomic E-state index is 11.4. The second-order valence-corrected chi connectivity index (χ2v) is 3.30. The van der Waals surface area contributed by atoms with E-state index in [2.05, 4.69) is 4.98 Å². The first kappa shape index (κ1) is 8.32. The molecule has 0 atom stereocenters. The number of hydrogen-bond acceptors (Lipinski definition) is 2. The summed E-state index contributed by atoms with van der Waals surface area (Å²) in [4.78, 5) is 4.14. The van der Waals surface area contributed by atoms with Crippen LogP contribution in [0.25, 0.3) is 10.9 Å². The van der Waals surface area contributed by atoms with Gasteiger partial charge in [-0.25, -0.2) is 0 Å². The zero-order valence-corrected chi connectivity index (χ0v) is 7.80. The van der Waals surface area contributed by atoms with E-state index < -0.39 is 0 Å². The molecule has 0 spiro atoms. The van der Waals surface area contributed by atoms with Gasteiger partial charge in [0, 0.05) is 16.1 Å². The maximum Gasteiger partial charge on any atom is 0.0641 e. The average Bonchev–Trinajstić information content (AvgIpc) is 2.12. The minimum atomic E-state index is -0.0805. The van der Waals surface area contributed by atoms with Crippen LogP contribution in [-0.2, 0) is 0 Å². The van der Waals surface area contributed by atoms with Crippen LogP contribution in [0.1, 0.15) is 5.69 Å². The maximum absolute atomic E-state index is 11.4. The molecule has 1 aromatic carbocycles. The molecule has 0 N–H and O–H groups in total. The smallest absolute Gasteiger partial charge is 0.0641 e. The van der Waals surface area contributed by atoms with Crippen LogP contribution in [0.5, 0.6) is 5.75 Å². The third kappa shape index (κ3) is 1.33. The summed E-state index contributed by atoms with van der Waals surface area (Å²) >= 11 is 5.90. The van der Waals surface area contributed by atoms with Gasteiger partial charge >= 0.3 is 0 Å². The number of rotatable bonds is 0. The Balaban J connectivity index is 2.92. The highest BCUT2D eigenvalue weighted by molar-refractivity contribution is 6.35. The summed E-state index contributed by atoms with van der Waals surface area (Å²) in [6.07, 6.45) is 0. The summed E-state index contributed by atoms with van der Waals surface area (Å²) in [6, 6.07) is 6.70. The van der Waals surface area contributed by atoms with Crippen molar-refractivity contribution in [1.29, 1.82) is 0 Å². The highest BCUT2D eigenvalue weighted by Crippen LogP contribution is 2.27. The molecule has 1 heterocycles. The molecule has 1 aromatic heterocycles. The zero-order valence-electron chi connectivity index (χ0n) is 7.04. The summed E-state index contributed by atoms with van der Waals surface area (Å²) in [7, 11) is 0. The van der Waals surface area contributed by atoms with Crippen molar-refractivity contribution in [2.75, 3.05) is 0 Å². The first-order valence-electron chi connectivity index (χ1n) is 3.91. The van der Waals surface area contributed by atoms with Gasteiger partial charge in [0.25, 0.3) is 0 Å². The van der Waals surface area contributed by atoms with Crippen LogP contribution in [0.4, 0.5) is 0 Å². The van der Waals surface area contributed by atoms with Gasteiger partial charge < -0.3 is 5.11 Å². The van der Waals surface area contributed by atoms with Gasteiger partial charge in [-0.1, -0.05) is 23.4 Å². The summed E-state index contributed by atoms with van der Waals surface area (Å²) in [6.45, 7) is 1.85. The Morgan fingerprint density at radius 2 is 2.00 bits per heavy atom. The lowest BCUT2D eigenvalue weighted by atomic mass is 10.2. The Morgan fingerprint density at radius 1 is 1.23 bits per heavy atom. The number of benzene rings is 1. The molecule has 0 amide bonds. The third-order valence-electron chi connectivity index (χ3n) is 1.91. The number of nitrogens with zero attached hydrogens (tertiary/aromatic N) is 1. The quantitative estimate of drug-likeness (QED) is 0.642. The van der Waals surface area contributed by atoms with Crippen molar-refractivity contribution in [3.8, 4) is 5.75 Å². The lowest BCUT2D eigenvalue weighted by Crippen LogP contribution is -1.94. The van der Waals surface area contributed by atoms with Crippen molar-refractivity contribution >= 4 is 22.5 Å². The fraction of sp³-hybridized carbons (Fsp3) is 0.100. The van der Waals surface area contributed by atoms with Crippen molar-refractivity contribution in [3.05, 3.63) is 35.0 Å². The van der Waals surface area contributed by atoms with E-state index >= 15 is 0 Å². The summed E-state index contributed by atoms with van der Waals surface area (Å²) in [5.74, 6) is -0.0805. The molecule has 2 aromatic rings. The van der Waals surface area contributed by atoms with Crippen molar-refractivity contribution in [2.45, 2.75) is 6.92 Å². The fourth-order valence-corrected chi connectivity index (χ4v) is 1.47. The predicted molar refractivity (Wildman–Crippen MR) is 50.9 cm³/mol. The highest BCUT2D eigenvalue weighted by Gasteiger charge is 1.99. The second kappa shape index (κ2) is 2.89. The number of aryl methyl sites for hydroxylation is 1. The molecule has 2 nitrogen and oxygen atoms in total. The van der Waals surface area contributed by atoms with Crippen LogP contribution >= 0.6 is 11.6 Å². The van der Waals surface area contributed by atoms with Crippen LogP contribution in [0, 0.1) is 6.92 Å². The summed E-state index contributed by atoms with van der Waals surface area (Å²) in [5, 5.41) is 12.7. The van der Waals surface area contributed by atoms with Crippen LogP contribution < -0.4 is 5.11 Å². The molecule has 2 rings (SSSR count). The second-order valence-electron chi connectivity index (χ2n) is 2.89. The minimum Gasteiger partial charge on any atom is -0.871 e. The van der Waals surface area contributed by atoms with Gasteiger partial charge in [-0.3, -0.25) is 4.98 Å². The molecule has 0 radical (unpaired) electrons. The van der Waals surface area contributed by atoms with Gasteiger partial charge in [-0.15, -0.1) is 0 Å². The van der Waals surface area contributed by atoms with Crippen LogP contribution in [0.2, 0.25) is 5.02 Å². The average molecular weight is 193 g/mol. The summed E-state index contributed by atoms with van der Waals surface area (Å²) < 4.78 is 0. The Kier molecular flexibility index (Phi) is 1.85. The van der Waals surface area contributed by atoms with Crippen LogP contribution in [-0.4, -0.2) is 4.98 Å². The van der Waals surface area contributed by atoms with E-state index in [0.29, 0.717) is 10.5 Å². The molecule has 66 valence electrons. The van der Waals surface area contributed by atoms with E-state index in [1.807, 2.05) is 19.1 Å². The monoisotopic (exact) mass is 192 g/mol. The molecule has 3 heteroatoms. The van der Waals surface area contributed by atoms with Gasteiger partial charge in [0.15, 0.2) is 0 Å². The number of hydrogen-bond donors (Lipinski definition) is 0. The number of fused-ring (bicyclic) bond motifs is 1. The van der Waals surface area contributed by atoms with Crippen molar-refractivity contribution in [2.24, 2.45) is 0 Å². The Morgan fingerprint density at radius 3 is 2.77 bits per heavy atom. The number of halogens is 1. The van der Waals surface area contributed by atoms with Gasteiger partial charge in [0.2, 0.25) is 0 Å². The van der Waals surface area contributed by atoms with Crippen molar-refractivity contribution in [1.82, 2.24) is 4.98 Å². The van der Waals surface area contributed by atoms with E-state index in [1.54, 1.807) is 6.07 Å². The fourth-order valence-electron chi connectivity index (χ4n) is 1.25. The number of aromatic nitrogens is 1. The SMILES string of the molecule is Cc1ccc2c(Cl)ccc([O-])c2n1. The van der Waals surface area contributed by atoms with Crippen LogP contribution in [0.3, 0.4) is 0 Å². The highest BCUT2D eigenvalue weighted by atomic mass is 35.5. The molecule has 0 unspecified atom stereocenters. The molecule has 0 saturated carbocycles. The first-order valence-corrected chi connectivity index (χ1v) is 4.29. The number of pyridine rings is 1. The molecular formula is C10H7ClNO-. The molecule has 0 aliphatic carbocycles. The topological polar surface area (TPSA) is 36.0 Å². The van der Waals surface area contributed by atoms with E-state index in [9.17, 15) is 5.11 Å². The van der Waals surface area contributed by atoms with E-state index in [-0.39, 0.29) is 5.75 Å². The third-order valence-corrected chi connectivity index (χ3v) is 2.24. The molecule has 0 fully saturated rings. The Labute approximate surface area is 80.8 Å². The van der Waals surface area contributed by atoms with E-state index in [4.69, 9.17) is 11.6 Å².